The third kappa shape index (κ3) is 2.47. The predicted octanol–water partition coefficient (Wildman–Crippen LogP) is 3.73. The number of rotatable bonds is 3. The molecule has 92 valence electrons. The topological polar surface area (TPSA) is 52.5 Å². The van der Waals surface area contributed by atoms with E-state index in [0.717, 1.165) is 21.9 Å². The van der Waals surface area contributed by atoms with Gasteiger partial charge in [0.1, 0.15) is 11.8 Å². The van der Waals surface area contributed by atoms with Crippen LogP contribution in [0.4, 0.5) is 0 Å². The molecule has 0 amide bonds. The largest absolute Gasteiger partial charge is 0.350 e. The molecule has 0 saturated carbocycles. The molecule has 2 heterocycles. The number of nitrogens with zero attached hydrogens (tertiary/aromatic N) is 2. The summed E-state index contributed by atoms with van der Waals surface area (Å²) in [4.78, 5) is 7.43. The first-order chi connectivity index (χ1) is 9.36. The fraction of sp³-hybridized carbons (Fsp3) is 0.0667. The maximum Gasteiger partial charge on any atom is 0.144 e. The predicted molar refractivity (Wildman–Crippen MR) is 76.8 cm³/mol. The van der Waals surface area contributed by atoms with Gasteiger partial charge in [-0.2, -0.15) is 5.26 Å². The molecule has 0 saturated heterocycles. The van der Waals surface area contributed by atoms with Gasteiger partial charge >= 0.3 is 0 Å². The van der Waals surface area contributed by atoms with Crippen LogP contribution in [-0.4, -0.2) is 9.97 Å². The van der Waals surface area contributed by atoms with Crippen molar-refractivity contribution in [2.24, 2.45) is 0 Å². The normalized spacial score (nSPS) is 10.5. The molecular formula is C15H11N3S. The highest BCUT2D eigenvalue weighted by Gasteiger charge is 2.05. The Bertz CT molecular complexity index is 722. The minimum absolute atomic E-state index is 0.506. The Labute approximate surface area is 115 Å². The number of hydrogen-bond donors (Lipinski definition) is 1. The maximum atomic E-state index is 9.00. The van der Waals surface area contributed by atoms with Gasteiger partial charge in [-0.05, 0) is 23.8 Å². The molecule has 0 unspecified atom stereocenters. The second-order valence-electron chi connectivity index (χ2n) is 4.13. The molecule has 4 heteroatoms. The Morgan fingerprint density at radius 3 is 2.95 bits per heavy atom. The van der Waals surface area contributed by atoms with E-state index in [-0.39, 0.29) is 0 Å². The van der Waals surface area contributed by atoms with E-state index in [1.165, 1.54) is 5.39 Å². The SMILES string of the molecule is N#Cc1ncccc1CSc1cc2ccccc2[nH]1. The third-order valence-corrected chi connectivity index (χ3v) is 3.87. The van der Waals surface area contributed by atoms with Gasteiger partial charge in [-0.3, -0.25) is 0 Å². The van der Waals surface area contributed by atoms with Crippen molar-refractivity contribution >= 4 is 22.7 Å². The number of para-hydroxylation sites is 1. The molecule has 0 aliphatic carbocycles. The van der Waals surface area contributed by atoms with Crippen LogP contribution in [0.1, 0.15) is 11.3 Å². The summed E-state index contributed by atoms with van der Waals surface area (Å²) in [6.07, 6.45) is 1.65. The number of fused-ring (bicyclic) bond motifs is 1. The van der Waals surface area contributed by atoms with Crippen LogP contribution in [0.25, 0.3) is 10.9 Å². The Kier molecular flexibility index (Phi) is 3.21. The van der Waals surface area contributed by atoms with Crippen LogP contribution in [0.3, 0.4) is 0 Å². The lowest BCUT2D eigenvalue weighted by molar-refractivity contribution is 1.18. The monoisotopic (exact) mass is 265 g/mol. The Morgan fingerprint density at radius 1 is 1.21 bits per heavy atom. The fourth-order valence-corrected chi connectivity index (χ4v) is 2.87. The van der Waals surface area contributed by atoms with Gasteiger partial charge in [0.15, 0.2) is 0 Å². The van der Waals surface area contributed by atoms with Gasteiger partial charge in [-0.15, -0.1) is 11.8 Å². The minimum atomic E-state index is 0.506. The van der Waals surface area contributed by atoms with Crippen molar-refractivity contribution in [3.05, 3.63) is 59.9 Å². The molecule has 0 atom stereocenters. The summed E-state index contributed by atoms with van der Waals surface area (Å²) in [6, 6.07) is 16.2. The second kappa shape index (κ2) is 5.17. The molecule has 0 bridgehead atoms. The molecule has 0 aliphatic rings. The zero-order valence-electron chi connectivity index (χ0n) is 10.1. The van der Waals surface area contributed by atoms with E-state index >= 15 is 0 Å². The zero-order chi connectivity index (χ0) is 13.1. The van der Waals surface area contributed by atoms with E-state index in [2.05, 4.69) is 34.2 Å². The average molecular weight is 265 g/mol. The molecule has 3 aromatic rings. The van der Waals surface area contributed by atoms with Crippen molar-refractivity contribution in [2.75, 3.05) is 0 Å². The van der Waals surface area contributed by atoms with E-state index < -0.39 is 0 Å². The molecule has 0 spiro atoms. The molecule has 0 radical (unpaired) electrons. The highest BCUT2D eigenvalue weighted by atomic mass is 32.2. The van der Waals surface area contributed by atoms with Crippen LogP contribution < -0.4 is 0 Å². The smallest absolute Gasteiger partial charge is 0.144 e. The highest BCUT2D eigenvalue weighted by molar-refractivity contribution is 7.98. The number of nitrogens with one attached hydrogen (secondary N) is 1. The summed E-state index contributed by atoms with van der Waals surface area (Å²) >= 11 is 1.68. The van der Waals surface area contributed by atoms with Gasteiger partial charge in [0.2, 0.25) is 0 Å². The summed E-state index contributed by atoms with van der Waals surface area (Å²) in [5.41, 5.74) is 2.61. The van der Waals surface area contributed by atoms with Gasteiger partial charge < -0.3 is 4.98 Å². The Hall–Kier alpha value is -2.25. The molecule has 3 nitrogen and oxygen atoms in total. The van der Waals surface area contributed by atoms with Crippen LogP contribution >= 0.6 is 11.8 Å². The van der Waals surface area contributed by atoms with Crippen molar-refractivity contribution in [2.45, 2.75) is 10.8 Å². The molecular weight excluding hydrogens is 254 g/mol. The fourth-order valence-electron chi connectivity index (χ4n) is 1.94. The molecule has 3 rings (SSSR count). The van der Waals surface area contributed by atoms with Gasteiger partial charge in [0, 0.05) is 22.9 Å². The van der Waals surface area contributed by atoms with Crippen molar-refractivity contribution in [3.63, 3.8) is 0 Å². The number of thioether (sulfide) groups is 1. The van der Waals surface area contributed by atoms with Gasteiger partial charge in [0.25, 0.3) is 0 Å². The van der Waals surface area contributed by atoms with Crippen molar-refractivity contribution in [1.82, 2.24) is 9.97 Å². The number of nitriles is 1. The number of pyridine rings is 1. The molecule has 0 fully saturated rings. The van der Waals surface area contributed by atoms with E-state index in [0.29, 0.717) is 5.69 Å². The van der Waals surface area contributed by atoms with E-state index in [4.69, 9.17) is 5.26 Å². The molecule has 19 heavy (non-hydrogen) atoms. The lowest BCUT2D eigenvalue weighted by Crippen LogP contribution is -1.90. The minimum Gasteiger partial charge on any atom is -0.350 e. The molecule has 1 aromatic carbocycles. The summed E-state index contributed by atoms with van der Waals surface area (Å²) in [7, 11) is 0. The molecule has 1 N–H and O–H groups in total. The summed E-state index contributed by atoms with van der Waals surface area (Å²) in [5, 5.41) is 11.3. The lowest BCUT2D eigenvalue weighted by atomic mass is 10.2. The molecule has 2 aromatic heterocycles. The Balaban J connectivity index is 1.81. The Morgan fingerprint density at radius 2 is 2.11 bits per heavy atom. The zero-order valence-corrected chi connectivity index (χ0v) is 10.9. The van der Waals surface area contributed by atoms with Gasteiger partial charge in [-0.1, -0.05) is 24.3 Å². The average Bonchev–Trinajstić information content (AvgIpc) is 2.88. The summed E-state index contributed by atoms with van der Waals surface area (Å²) in [5.74, 6) is 0.740. The van der Waals surface area contributed by atoms with Crippen LogP contribution in [0, 0.1) is 11.3 Å². The van der Waals surface area contributed by atoms with Gasteiger partial charge in [0.05, 0.1) is 5.03 Å². The first-order valence-electron chi connectivity index (χ1n) is 5.91. The van der Waals surface area contributed by atoms with Crippen LogP contribution in [0.15, 0.2) is 53.7 Å². The van der Waals surface area contributed by atoms with Crippen LogP contribution in [-0.2, 0) is 5.75 Å². The number of aromatic amines is 1. The van der Waals surface area contributed by atoms with Crippen LogP contribution in [0.5, 0.6) is 0 Å². The third-order valence-electron chi connectivity index (χ3n) is 2.89. The van der Waals surface area contributed by atoms with Gasteiger partial charge in [-0.25, -0.2) is 4.98 Å². The van der Waals surface area contributed by atoms with E-state index in [9.17, 15) is 0 Å². The van der Waals surface area contributed by atoms with E-state index in [1.807, 2.05) is 24.3 Å². The summed E-state index contributed by atoms with van der Waals surface area (Å²) < 4.78 is 0. The van der Waals surface area contributed by atoms with Crippen molar-refractivity contribution < 1.29 is 0 Å². The first kappa shape index (κ1) is 11.8. The number of hydrogen-bond acceptors (Lipinski definition) is 3. The summed E-state index contributed by atoms with van der Waals surface area (Å²) in [6.45, 7) is 0. The standard InChI is InChI=1S/C15H11N3S/c16-9-14-12(5-3-7-17-14)10-19-15-8-11-4-1-2-6-13(11)18-15/h1-8,18H,10H2. The lowest BCUT2D eigenvalue weighted by Gasteiger charge is -2.01. The quantitative estimate of drug-likeness (QED) is 0.734. The van der Waals surface area contributed by atoms with Crippen molar-refractivity contribution in [3.8, 4) is 6.07 Å². The number of H-pyrrole nitrogens is 1. The first-order valence-corrected chi connectivity index (χ1v) is 6.90. The maximum absolute atomic E-state index is 9.00. The van der Waals surface area contributed by atoms with Crippen LogP contribution in [0.2, 0.25) is 0 Å². The number of benzene rings is 1. The van der Waals surface area contributed by atoms with E-state index in [1.54, 1.807) is 18.0 Å². The van der Waals surface area contributed by atoms with Crippen molar-refractivity contribution in [1.29, 1.82) is 5.26 Å². The molecule has 0 aliphatic heterocycles. The highest BCUT2D eigenvalue weighted by Crippen LogP contribution is 2.26. The second-order valence-corrected chi connectivity index (χ2v) is 5.15. The number of aromatic nitrogens is 2.